The molecule has 1 aliphatic carbocycles. The number of benzene rings is 1. The number of aliphatic hydroxyl groups is 1. The molecule has 24 heavy (non-hydrogen) atoms. The monoisotopic (exact) mass is 336 g/mol. The van der Waals surface area contributed by atoms with E-state index in [2.05, 4.69) is 5.32 Å². The number of ether oxygens (including phenoxy) is 1. The third-order valence-electron chi connectivity index (χ3n) is 4.55. The molecule has 0 bridgehead atoms. The van der Waals surface area contributed by atoms with Crippen LogP contribution in [0.5, 0.6) is 5.75 Å². The average molecular weight is 336 g/mol. The van der Waals surface area contributed by atoms with Crippen molar-refractivity contribution in [2.45, 2.75) is 63.6 Å². The standard InChI is InChI=1S/C18H28N2O4/c1-17(2,3)24-16(23)20-14-5-4-12(10-15(14)22)18(11-19)8-6-13(21)7-9-18/h4-5,10,13,21-22H,6-9,11,19H2,1-3H3,(H,20,23). The summed E-state index contributed by atoms with van der Waals surface area (Å²) in [5.41, 5.74) is 6.40. The lowest BCUT2D eigenvalue weighted by Crippen LogP contribution is -2.40. The van der Waals surface area contributed by atoms with Gasteiger partial charge in [-0.25, -0.2) is 4.79 Å². The number of phenolic OH excluding ortho intramolecular Hbond substituents is 1. The van der Waals surface area contributed by atoms with E-state index in [4.69, 9.17) is 10.5 Å². The molecule has 0 atom stereocenters. The molecule has 0 radical (unpaired) electrons. The molecule has 0 aromatic heterocycles. The van der Waals surface area contributed by atoms with Crippen LogP contribution in [0.15, 0.2) is 18.2 Å². The molecule has 1 fully saturated rings. The van der Waals surface area contributed by atoms with Crippen LogP contribution in [0.4, 0.5) is 10.5 Å². The minimum atomic E-state index is -0.611. The van der Waals surface area contributed by atoms with Gasteiger partial charge in [-0.2, -0.15) is 0 Å². The summed E-state index contributed by atoms with van der Waals surface area (Å²) in [7, 11) is 0. The van der Waals surface area contributed by atoms with Crippen molar-refractivity contribution in [2.24, 2.45) is 5.73 Å². The Kier molecular flexibility index (Phi) is 5.40. The molecule has 6 heteroatoms. The Morgan fingerprint density at radius 1 is 1.38 bits per heavy atom. The molecule has 134 valence electrons. The average Bonchev–Trinajstić information content (AvgIpc) is 2.49. The van der Waals surface area contributed by atoms with Gasteiger partial charge in [0.2, 0.25) is 0 Å². The van der Waals surface area contributed by atoms with Crippen molar-refractivity contribution in [1.82, 2.24) is 0 Å². The second-order valence-electron chi connectivity index (χ2n) is 7.57. The predicted octanol–water partition coefficient (Wildman–Crippen LogP) is 2.87. The maximum atomic E-state index is 11.8. The summed E-state index contributed by atoms with van der Waals surface area (Å²) in [5, 5.41) is 22.5. The number of nitrogens with two attached hydrogens (primary N) is 1. The zero-order valence-electron chi connectivity index (χ0n) is 14.6. The van der Waals surface area contributed by atoms with Crippen LogP contribution in [-0.4, -0.2) is 34.6 Å². The normalized spacial score (nSPS) is 24.5. The molecule has 1 aliphatic rings. The Bertz CT molecular complexity index is 587. The van der Waals surface area contributed by atoms with E-state index < -0.39 is 11.7 Å². The fourth-order valence-electron chi connectivity index (χ4n) is 3.15. The van der Waals surface area contributed by atoms with E-state index in [1.807, 2.05) is 6.07 Å². The minimum absolute atomic E-state index is 0.0164. The fourth-order valence-corrected chi connectivity index (χ4v) is 3.15. The number of rotatable bonds is 3. The highest BCUT2D eigenvalue weighted by Gasteiger charge is 2.35. The van der Waals surface area contributed by atoms with Crippen LogP contribution in [0.2, 0.25) is 0 Å². The van der Waals surface area contributed by atoms with Gasteiger partial charge in [0.1, 0.15) is 11.4 Å². The number of anilines is 1. The van der Waals surface area contributed by atoms with Crippen LogP contribution in [0.3, 0.4) is 0 Å². The SMILES string of the molecule is CC(C)(C)OC(=O)Nc1ccc(C2(CN)CCC(O)CC2)cc1O. The van der Waals surface area contributed by atoms with Gasteiger partial charge in [-0.3, -0.25) is 5.32 Å². The minimum Gasteiger partial charge on any atom is -0.506 e. The van der Waals surface area contributed by atoms with Crippen molar-refractivity contribution >= 4 is 11.8 Å². The van der Waals surface area contributed by atoms with Gasteiger partial charge in [0.15, 0.2) is 0 Å². The second-order valence-corrected chi connectivity index (χ2v) is 7.57. The molecular formula is C18H28N2O4. The number of hydrogen-bond donors (Lipinski definition) is 4. The van der Waals surface area contributed by atoms with E-state index in [-0.39, 0.29) is 17.3 Å². The number of amides is 1. The summed E-state index contributed by atoms with van der Waals surface area (Å²) >= 11 is 0. The lowest BCUT2D eigenvalue weighted by Gasteiger charge is -2.38. The first-order chi connectivity index (χ1) is 11.1. The number of nitrogens with one attached hydrogen (secondary N) is 1. The molecule has 6 nitrogen and oxygen atoms in total. The first kappa shape index (κ1) is 18.5. The third-order valence-corrected chi connectivity index (χ3v) is 4.55. The molecule has 0 saturated heterocycles. The Hall–Kier alpha value is -1.79. The van der Waals surface area contributed by atoms with Gasteiger partial charge < -0.3 is 20.7 Å². The van der Waals surface area contributed by atoms with Gasteiger partial charge in [-0.15, -0.1) is 0 Å². The Morgan fingerprint density at radius 3 is 2.50 bits per heavy atom. The number of hydrogen-bond acceptors (Lipinski definition) is 5. The van der Waals surface area contributed by atoms with E-state index in [0.29, 0.717) is 25.1 Å². The van der Waals surface area contributed by atoms with E-state index in [1.54, 1.807) is 32.9 Å². The van der Waals surface area contributed by atoms with Gasteiger partial charge in [0.05, 0.1) is 11.8 Å². The molecule has 1 saturated carbocycles. The summed E-state index contributed by atoms with van der Waals surface area (Å²) in [6.07, 6.45) is 2.09. The Labute approximate surface area is 143 Å². The molecule has 0 spiro atoms. The van der Waals surface area contributed by atoms with Crippen molar-refractivity contribution in [3.8, 4) is 5.75 Å². The highest BCUT2D eigenvalue weighted by Crippen LogP contribution is 2.41. The molecule has 0 heterocycles. The summed E-state index contributed by atoms with van der Waals surface area (Å²) in [5.74, 6) is -0.0164. The van der Waals surface area contributed by atoms with Crippen LogP contribution in [-0.2, 0) is 10.2 Å². The molecule has 1 amide bonds. The van der Waals surface area contributed by atoms with Crippen LogP contribution in [0.25, 0.3) is 0 Å². The maximum Gasteiger partial charge on any atom is 0.412 e. The highest BCUT2D eigenvalue weighted by atomic mass is 16.6. The molecule has 2 rings (SSSR count). The van der Waals surface area contributed by atoms with Gasteiger partial charge in [-0.1, -0.05) is 6.07 Å². The summed E-state index contributed by atoms with van der Waals surface area (Å²) < 4.78 is 5.19. The zero-order valence-corrected chi connectivity index (χ0v) is 14.6. The van der Waals surface area contributed by atoms with Gasteiger partial charge in [-0.05, 0) is 64.2 Å². The number of aromatic hydroxyl groups is 1. The van der Waals surface area contributed by atoms with Crippen molar-refractivity contribution in [1.29, 1.82) is 0 Å². The third kappa shape index (κ3) is 4.39. The number of carbonyl (C=O) groups is 1. The zero-order chi connectivity index (χ0) is 18.0. The topological polar surface area (TPSA) is 105 Å². The lowest BCUT2D eigenvalue weighted by atomic mass is 9.68. The predicted molar refractivity (Wildman–Crippen MR) is 93.2 cm³/mol. The summed E-state index contributed by atoms with van der Waals surface area (Å²) in [4.78, 5) is 11.8. The van der Waals surface area contributed by atoms with E-state index in [9.17, 15) is 15.0 Å². The van der Waals surface area contributed by atoms with Crippen LogP contribution < -0.4 is 11.1 Å². The van der Waals surface area contributed by atoms with Gasteiger partial charge in [0.25, 0.3) is 0 Å². The van der Waals surface area contributed by atoms with Crippen LogP contribution >= 0.6 is 0 Å². The molecule has 1 aromatic rings. The van der Waals surface area contributed by atoms with Crippen LogP contribution in [0, 0.1) is 0 Å². The fraction of sp³-hybridized carbons (Fsp3) is 0.611. The molecular weight excluding hydrogens is 308 g/mol. The first-order valence-corrected chi connectivity index (χ1v) is 8.37. The molecule has 5 N–H and O–H groups in total. The second kappa shape index (κ2) is 6.99. The molecule has 1 aromatic carbocycles. The molecule has 0 unspecified atom stereocenters. The quantitative estimate of drug-likeness (QED) is 0.635. The number of carbonyl (C=O) groups excluding carboxylic acids is 1. The lowest BCUT2D eigenvalue weighted by molar-refractivity contribution is 0.0635. The summed E-state index contributed by atoms with van der Waals surface area (Å²) in [6, 6.07) is 5.19. The maximum absolute atomic E-state index is 11.8. The highest BCUT2D eigenvalue weighted by molar-refractivity contribution is 5.87. The number of phenols is 1. The van der Waals surface area contributed by atoms with Crippen LogP contribution in [0.1, 0.15) is 52.0 Å². The van der Waals surface area contributed by atoms with E-state index >= 15 is 0 Å². The van der Waals surface area contributed by atoms with Crippen molar-refractivity contribution in [2.75, 3.05) is 11.9 Å². The summed E-state index contributed by atoms with van der Waals surface area (Å²) in [6.45, 7) is 5.78. The van der Waals surface area contributed by atoms with E-state index in [1.165, 1.54) is 0 Å². The Morgan fingerprint density at radius 2 is 2.00 bits per heavy atom. The van der Waals surface area contributed by atoms with E-state index in [0.717, 1.165) is 18.4 Å². The smallest absolute Gasteiger partial charge is 0.412 e. The van der Waals surface area contributed by atoms with Gasteiger partial charge >= 0.3 is 6.09 Å². The van der Waals surface area contributed by atoms with Crippen molar-refractivity contribution in [3.05, 3.63) is 23.8 Å². The largest absolute Gasteiger partial charge is 0.506 e. The first-order valence-electron chi connectivity index (χ1n) is 8.37. The van der Waals surface area contributed by atoms with Crippen molar-refractivity contribution < 1.29 is 19.7 Å². The number of aliphatic hydroxyl groups excluding tert-OH is 1. The molecule has 0 aliphatic heterocycles. The van der Waals surface area contributed by atoms with Gasteiger partial charge in [0, 0.05) is 12.0 Å². The Balaban J connectivity index is 2.15. The van der Waals surface area contributed by atoms with Crippen molar-refractivity contribution in [3.63, 3.8) is 0 Å².